The van der Waals surface area contributed by atoms with Gasteiger partial charge in [0.2, 0.25) is 0 Å². The molecule has 2 aromatic rings. The van der Waals surface area contributed by atoms with E-state index in [2.05, 4.69) is 17.1 Å². The Kier molecular flexibility index (Phi) is 5.12. The summed E-state index contributed by atoms with van der Waals surface area (Å²) in [4.78, 5) is 14.3. The van der Waals surface area contributed by atoms with Crippen LogP contribution in [0.5, 0.6) is 0 Å². The summed E-state index contributed by atoms with van der Waals surface area (Å²) >= 11 is 0. The van der Waals surface area contributed by atoms with E-state index in [1.54, 1.807) is 0 Å². The van der Waals surface area contributed by atoms with Crippen LogP contribution in [0.25, 0.3) is 0 Å². The Morgan fingerprint density at radius 2 is 1.76 bits per heavy atom. The Morgan fingerprint density at radius 1 is 1.05 bits per heavy atom. The van der Waals surface area contributed by atoms with Gasteiger partial charge in [0, 0.05) is 17.8 Å². The molecule has 3 nitrogen and oxygen atoms in total. The maximum absolute atomic E-state index is 12.2. The number of amides is 1. The fourth-order valence-corrected chi connectivity index (χ4v) is 2.19. The predicted octanol–water partition coefficient (Wildman–Crippen LogP) is 3.56. The molecule has 3 heteroatoms. The Morgan fingerprint density at radius 3 is 2.38 bits per heavy atom. The van der Waals surface area contributed by atoms with Gasteiger partial charge in [-0.2, -0.15) is 0 Å². The number of carbonyl (C=O) groups excluding carboxylic acids is 1. The van der Waals surface area contributed by atoms with Crippen molar-refractivity contribution < 1.29 is 4.79 Å². The van der Waals surface area contributed by atoms with Gasteiger partial charge in [0.1, 0.15) is 0 Å². The molecule has 0 atom stereocenters. The molecule has 0 aliphatic rings. The second-order valence-corrected chi connectivity index (χ2v) is 5.44. The molecule has 21 heavy (non-hydrogen) atoms. The summed E-state index contributed by atoms with van der Waals surface area (Å²) in [5.41, 5.74) is 3.92. The van der Waals surface area contributed by atoms with Crippen LogP contribution in [0.4, 0.5) is 5.69 Å². The van der Waals surface area contributed by atoms with Gasteiger partial charge in [-0.05, 0) is 55.9 Å². The number of anilines is 1. The Bertz CT molecular complexity index is 603. The van der Waals surface area contributed by atoms with Gasteiger partial charge in [0.15, 0.2) is 0 Å². The van der Waals surface area contributed by atoms with E-state index in [9.17, 15) is 4.79 Å². The SMILES string of the molecule is CCc1cccc(C(=O)Nc2ccc(CN(C)C)cc2)c1. The van der Waals surface area contributed by atoms with Gasteiger partial charge >= 0.3 is 0 Å². The number of nitrogens with zero attached hydrogens (tertiary/aromatic N) is 1. The third-order valence-corrected chi connectivity index (χ3v) is 3.31. The smallest absolute Gasteiger partial charge is 0.255 e. The van der Waals surface area contributed by atoms with Crippen LogP contribution >= 0.6 is 0 Å². The lowest BCUT2D eigenvalue weighted by atomic mass is 10.1. The van der Waals surface area contributed by atoms with Gasteiger partial charge in [-0.25, -0.2) is 0 Å². The highest BCUT2D eigenvalue weighted by Crippen LogP contribution is 2.13. The van der Waals surface area contributed by atoms with Crippen molar-refractivity contribution in [2.24, 2.45) is 0 Å². The van der Waals surface area contributed by atoms with Crippen molar-refractivity contribution in [1.82, 2.24) is 4.90 Å². The zero-order valence-electron chi connectivity index (χ0n) is 12.9. The van der Waals surface area contributed by atoms with E-state index < -0.39 is 0 Å². The summed E-state index contributed by atoms with van der Waals surface area (Å²) in [6.07, 6.45) is 0.931. The summed E-state index contributed by atoms with van der Waals surface area (Å²) in [5, 5.41) is 2.94. The quantitative estimate of drug-likeness (QED) is 0.909. The summed E-state index contributed by atoms with van der Waals surface area (Å²) in [5.74, 6) is -0.0642. The van der Waals surface area contributed by atoms with E-state index in [1.807, 2.05) is 62.6 Å². The molecule has 0 fully saturated rings. The van der Waals surface area contributed by atoms with Gasteiger partial charge in [-0.3, -0.25) is 4.79 Å². The third kappa shape index (κ3) is 4.43. The first-order chi connectivity index (χ1) is 10.1. The van der Waals surface area contributed by atoms with Gasteiger partial charge in [-0.1, -0.05) is 31.2 Å². The van der Waals surface area contributed by atoms with E-state index >= 15 is 0 Å². The second kappa shape index (κ2) is 7.04. The molecule has 0 saturated heterocycles. The zero-order chi connectivity index (χ0) is 15.2. The van der Waals surface area contributed by atoms with Crippen LogP contribution in [-0.4, -0.2) is 24.9 Å². The van der Waals surface area contributed by atoms with Gasteiger partial charge in [0.05, 0.1) is 0 Å². The minimum absolute atomic E-state index is 0.0642. The fourth-order valence-electron chi connectivity index (χ4n) is 2.19. The lowest BCUT2D eigenvalue weighted by Gasteiger charge is -2.11. The molecule has 0 aliphatic carbocycles. The normalized spacial score (nSPS) is 10.7. The number of benzene rings is 2. The maximum Gasteiger partial charge on any atom is 0.255 e. The van der Waals surface area contributed by atoms with Crippen molar-refractivity contribution >= 4 is 11.6 Å². The highest BCUT2D eigenvalue weighted by molar-refractivity contribution is 6.04. The van der Waals surface area contributed by atoms with Crippen LogP contribution in [0.2, 0.25) is 0 Å². The average Bonchev–Trinajstić information content (AvgIpc) is 2.49. The molecule has 0 bridgehead atoms. The van der Waals surface area contributed by atoms with Crippen LogP contribution in [0, 0.1) is 0 Å². The fraction of sp³-hybridized carbons (Fsp3) is 0.278. The van der Waals surface area contributed by atoms with Crippen molar-refractivity contribution in [2.45, 2.75) is 19.9 Å². The standard InChI is InChI=1S/C18H22N2O/c1-4-14-6-5-7-16(12-14)18(21)19-17-10-8-15(9-11-17)13-20(2)3/h5-12H,4,13H2,1-3H3,(H,19,21). The average molecular weight is 282 g/mol. The van der Waals surface area contributed by atoms with E-state index in [1.165, 1.54) is 11.1 Å². The molecule has 0 aromatic heterocycles. The summed E-state index contributed by atoms with van der Waals surface area (Å²) in [6.45, 7) is 2.98. The van der Waals surface area contributed by atoms with Gasteiger partial charge in [-0.15, -0.1) is 0 Å². The minimum atomic E-state index is -0.0642. The van der Waals surface area contributed by atoms with Crippen molar-refractivity contribution in [3.05, 3.63) is 65.2 Å². The molecule has 110 valence electrons. The Labute approximate surface area is 126 Å². The van der Waals surface area contributed by atoms with E-state index in [-0.39, 0.29) is 5.91 Å². The summed E-state index contributed by atoms with van der Waals surface area (Å²) in [6, 6.07) is 15.7. The van der Waals surface area contributed by atoms with Crippen LogP contribution in [0.15, 0.2) is 48.5 Å². The number of hydrogen-bond acceptors (Lipinski definition) is 2. The lowest BCUT2D eigenvalue weighted by Crippen LogP contribution is -2.13. The van der Waals surface area contributed by atoms with Crippen molar-refractivity contribution in [3.63, 3.8) is 0 Å². The van der Waals surface area contributed by atoms with Crippen molar-refractivity contribution in [3.8, 4) is 0 Å². The van der Waals surface area contributed by atoms with Gasteiger partial charge < -0.3 is 10.2 Å². The molecule has 0 aliphatic heterocycles. The summed E-state index contributed by atoms with van der Waals surface area (Å²) < 4.78 is 0. The Balaban J connectivity index is 2.05. The van der Waals surface area contributed by atoms with Crippen molar-refractivity contribution in [2.75, 3.05) is 19.4 Å². The second-order valence-electron chi connectivity index (χ2n) is 5.44. The first kappa shape index (κ1) is 15.3. The molecule has 0 saturated carbocycles. The number of rotatable bonds is 5. The topological polar surface area (TPSA) is 32.3 Å². The van der Waals surface area contributed by atoms with Crippen LogP contribution in [0.3, 0.4) is 0 Å². The third-order valence-electron chi connectivity index (χ3n) is 3.31. The monoisotopic (exact) mass is 282 g/mol. The van der Waals surface area contributed by atoms with E-state index in [0.29, 0.717) is 5.56 Å². The molecule has 0 heterocycles. The molecule has 0 spiro atoms. The molecular weight excluding hydrogens is 260 g/mol. The largest absolute Gasteiger partial charge is 0.322 e. The molecule has 1 N–H and O–H groups in total. The highest BCUT2D eigenvalue weighted by Gasteiger charge is 2.06. The van der Waals surface area contributed by atoms with Crippen molar-refractivity contribution in [1.29, 1.82) is 0 Å². The maximum atomic E-state index is 12.2. The predicted molar refractivity (Wildman–Crippen MR) is 87.6 cm³/mol. The molecule has 2 rings (SSSR count). The molecule has 2 aromatic carbocycles. The first-order valence-electron chi connectivity index (χ1n) is 7.22. The Hall–Kier alpha value is -2.13. The molecule has 0 radical (unpaired) electrons. The number of hydrogen-bond donors (Lipinski definition) is 1. The zero-order valence-corrected chi connectivity index (χ0v) is 12.9. The van der Waals surface area contributed by atoms with Crippen LogP contribution < -0.4 is 5.32 Å². The minimum Gasteiger partial charge on any atom is -0.322 e. The molecular formula is C18H22N2O. The highest BCUT2D eigenvalue weighted by atomic mass is 16.1. The number of aryl methyl sites for hydroxylation is 1. The van der Waals surface area contributed by atoms with E-state index in [4.69, 9.17) is 0 Å². The van der Waals surface area contributed by atoms with Crippen LogP contribution in [-0.2, 0) is 13.0 Å². The summed E-state index contributed by atoms with van der Waals surface area (Å²) in [7, 11) is 4.08. The first-order valence-corrected chi connectivity index (χ1v) is 7.22. The van der Waals surface area contributed by atoms with Crippen LogP contribution in [0.1, 0.15) is 28.4 Å². The molecule has 0 unspecified atom stereocenters. The molecule has 1 amide bonds. The van der Waals surface area contributed by atoms with Gasteiger partial charge in [0.25, 0.3) is 5.91 Å². The van der Waals surface area contributed by atoms with E-state index in [0.717, 1.165) is 18.7 Å². The number of nitrogens with one attached hydrogen (secondary N) is 1. The number of carbonyl (C=O) groups is 1. The lowest BCUT2D eigenvalue weighted by molar-refractivity contribution is 0.102.